The second-order valence-electron chi connectivity index (χ2n) is 4.21. The van der Waals surface area contributed by atoms with Crippen LogP contribution in [0.4, 0.5) is 0 Å². The van der Waals surface area contributed by atoms with Crippen molar-refractivity contribution in [2.45, 2.75) is 31.9 Å². The van der Waals surface area contributed by atoms with Gasteiger partial charge in [-0.3, -0.25) is 4.79 Å². The van der Waals surface area contributed by atoms with Gasteiger partial charge in [-0.15, -0.1) is 0 Å². The predicted octanol–water partition coefficient (Wildman–Crippen LogP) is -0.109. The molecule has 1 saturated heterocycles. The Kier molecular flexibility index (Phi) is 5.73. The number of ether oxygens (including phenoxy) is 2. The number of nitrogens with one attached hydrogen (secondary N) is 1. The highest BCUT2D eigenvalue weighted by Gasteiger charge is 2.31. The van der Waals surface area contributed by atoms with E-state index in [0.29, 0.717) is 19.8 Å². The van der Waals surface area contributed by atoms with E-state index in [9.17, 15) is 4.79 Å². The van der Waals surface area contributed by atoms with Crippen LogP contribution < -0.4 is 11.1 Å². The minimum Gasteiger partial charge on any atom is -0.383 e. The van der Waals surface area contributed by atoms with Crippen LogP contribution >= 0.6 is 0 Å². The molecule has 1 amide bonds. The van der Waals surface area contributed by atoms with Gasteiger partial charge in [0.05, 0.1) is 24.7 Å². The van der Waals surface area contributed by atoms with Gasteiger partial charge in [0.15, 0.2) is 0 Å². The second-order valence-corrected chi connectivity index (χ2v) is 4.21. The fourth-order valence-corrected chi connectivity index (χ4v) is 1.98. The van der Waals surface area contributed by atoms with Crippen molar-refractivity contribution in [3.8, 4) is 0 Å². The van der Waals surface area contributed by atoms with Crippen LogP contribution in [-0.2, 0) is 14.3 Å². The molecule has 3 unspecified atom stereocenters. The van der Waals surface area contributed by atoms with Crippen LogP contribution in [0, 0.1) is 5.92 Å². The van der Waals surface area contributed by atoms with Gasteiger partial charge in [-0.2, -0.15) is 0 Å². The molecule has 94 valence electrons. The van der Waals surface area contributed by atoms with Crippen LogP contribution in [0.3, 0.4) is 0 Å². The van der Waals surface area contributed by atoms with E-state index in [4.69, 9.17) is 15.2 Å². The van der Waals surface area contributed by atoms with Gasteiger partial charge in [-0.1, -0.05) is 0 Å². The van der Waals surface area contributed by atoms with Crippen molar-refractivity contribution < 1.29 is 14.3 Å². The average Bonchev–Trinajstić information content (AvgIpc) is 2.65. The summed E-state index contributed by atoms with van der Waals surface area (Å²) >= 11 is 0. The molecule has 0 aromatic heterocycles. The zero-order valence-electron chi connectivity index (χ0n) is 10.1. The number of hydrogen-bond donors (Lipinski definition) is 2. The van der Waals surface area contributed by atoms with Crippen molar-refractivity contribution in [2.75, 3.05) is 26.9 Å². The number of carbonyl (C=O) groups excluding carboxylic acids is 1. The molecule has 0 bridgehead atoms. The standard InChI is InChI=1S/C11H22N2O3/c1-8-10(4-6-16-8)11(14)13-9(3-5-12)7-15-2/h8-10H,3-7,12H2,1-2H3,(H,13,14). The van der Waals surface area contributed by atoms with E-state index >= 15 is 0 Å². The van der Waals surface area contributed by atoms with E-state index in [-0.39, 0.29) is 24.0 Å². The smallest absolute Gasteiger partial charge is 0.226 e. The molecule has 3 N–H and O–H groups in total. The Morgan fingerprint density at radius 3 is 2.94 bits per heavy atom. The van der Waals surface area contributed by atoms with E-state index in [2.05, 4.69) is 5.32 Å². The lowest BCUT2D eigenvalue weighted by Crippen LogP contribution is -2.43. The third-order valence-corrected chi connectivity index (χ3v) is 2.94. The fraction of sp³-hybridized carbons (Fsp3) is 0.909. The number of carbonyl (C=O) groups is 1. The lowest BCUT2D eigenvalue weighted by Gasteiger charge is -2.20. The molecule has 1 aliphatic heterocycles. The maximum absolute atomic E-state index is 11.9. The molecule has 0 aromatic carbocycles. The van der Waals surface area contributed by atoms with Crippen molar-refractivity contribution in [3.05, 3.63) is 0 Å². The summed E-state index contributed by atoms with van der Waals surface area (Å²) in [6.45, 7) is 3.66. The summed E-state index contributed by atoms with van der Waals surface area (Å²) in [5.74, 6) is 0.0256. The fourth-order valence-electron chi connectivity index (χ4n) is 1.98. The van der Waals surface area contributed by atoms with Gasteiger partial charge in [-0.25, -0.2) is 0 Å². The minimum atomic E-state index is -0.0304. The van der Waals surface area contributed by atoms with Crippen molar-refractivity contribution in [1.82, 2.24) is 5.32 Å². The monoisotopic (exact) mass is 230 g/mol. The molecule has 5 heteroatoms. The second kappa shape index (κ2) is 6.83. The zero-order valence-corrected chi connectivity index (χ0v) is 10.1. The number of amides is 1. The number of rotatable bonds is 6. The molecule has 0 radical (unpaired) electrons. The summed E-state index contributed by atoms with van der Waals surface area (Å²) in [4.78, 5) is 11.9. The molecule has 1 heterocycles. The van der Waals surface area contributed by atoms with E-state index in [1.54, 1.807) is 7.11 Å². The lowest BCUT2D eigenvalue weighted by molar-refractivity contribution is -0.127. The quantitative estimate of drug-likeness (QED) is 0.668. The summed E-state index contributed by atoms with van der Waals surface area (Å²) in [6.07, 6.45) is 1.55. The molecule has 16 heavy (non-hydrogen) atoms. The van der Waals surface area contributed by atoms with Crippen LogP contribution in [0.5, 0.6) is 0 Å². The first-order valence-electron chi connectivity index (χ1n) is 5.80. The highest BCUT2D eigenvalue weighted by atomic mass is 16.5. The van der Waals surface area contributed by atoms with Crippen molar-refractivity contribution in [3.63, 3.8) is 0 Å². The third-order valence-electron chi connectivity index (χ3n) is 2.94. The van der Waals surface area contributed by atoms with Crippen LogP contribution in [-0.4, -0.2) is 44.9 Å². The Bertz CT molecular complexity index is 217. The Labute approximate surface area is 96.7 Å². The summed E-state index contributed by atoms with van der Waals surface area (Å²) < 4.78 is 10.4. The van der Waals surface area contributed by atoms with Crippen LogP contribution in [0.15, 0.2) is 0 Å². The van der Waals surface area contributed by atoms with Gasteiger partial charge < -0.3 is 20.5 Å². The summed E-state index contributed by atoms with van der Waals surface area (Å²) in [5, 5.41) is 2.97. The topological polar surface area (TPSA) is 73.6 Å². The first-order valence-corrected chi connectivity index (χ1v) is 5.80. The molecule has 3 atom stereocenters. The minimum absolute atomic E-state index is 0.00954. The lowest BCUT2D eigenvalue weighted by atomic mass is 10.0. The van der Waals surface area contributed by atoms with Gasteiger partial charge in [0.2, 0.25) is 5.91 Å². The largest absolute Gasteiger partial charge is 0.383 e. The average molecular weight is 230 g/mol. The van der Waals surface area contributed by atoms with E-state index in [0.717, 1.165) is 12.8 Å². The number of nitrogens with two attached hydrogens (primary N) is 1. The van der Waals surface area contributed by atoms with Crippen LogP contribution in [0.2, 0.25) is 0 Å². The molecule has 5 nitrogen and oxygen atoms in total. The number of methoxy groups -OCH3 is 1. The molecule has 1 fully saturated rings. The predicted molar refractivity (Wildman–Crippen MR) is 61.0 cm³/mol. The van der Waals surface area contributed by atoms with E-state index < -0.39 is 0 Å². The Hall–Kier alpha value is -0.650. The van der Waals surface area contributed by atoms with Crippen molar-refractivity contribution in [2.24, 2.45) is 11.7 Å². The molecule has 0 aromatic rings. The van der Waals surface area contributed by atoms with Gasteiger partial charge in [0.25, 0.3) is 0 Å². The van der Waals surface area contributed by atoms with Crippen molar-refractivity contribution in [1.29, 1.82) is 0 Å². The Balaban J connectivity index is 2.40. The van der Waals surface area contributed by atoms with Gasteiger partial charge >= 0.3 is 0 Å². The normalized spacial score (nSPS) is 26.7. The summed E-state index contributed by atoms with van der Waals surface area (Å²) in [5.41, 5.74) is 5.48. The molecule has 0 aliphatic carbocycles. The van der Waals surface area contributed by atoms with Crippen molar-refractivity contribution >= 4 is 5.91 Å². The zero-order chi connectivity index (χ0) is 12.0. The first kappa shape index (κ1) is 13.4. The van der Waals surface area contributed by atoms with E-state index in [1.807, 2.05) is 6.92 Å². The first-order chi connectivity index (χ1) is 7.69. The van der Waals surface area contributed by atoms with Crippen LogP contribution in [0.25, 0.3) is 0 Å². The summed E-state index contributed by atoms with van der Waals surface area (Å²) in [7, 11) is 1.62. The van der Waals surface area contributed by atoms with Gasteiger partial charge in [0, 0.05) is 13.7 Å². The van der Waals surface area contributed by atoms with Crippen LogP contribution in [0.1, 0.15) is 19.8 Å². The Morgan fingerprint density at radius 1 is 1.69 bits per heavy atom. The van der Waals surface area contributed by atoms with E-state index in [1.165, 1.54) is 0 Å². The number of hydrogen-bond acceptors (Lipinski definition) is 4. The maximum atomic E-state index is 11.9. The molecular formula is C11H22N2O3. The van der Waals surface area contributed by atoms with Gasteiger partial charge in [0.1, 0.15) is 0 Å². The molecular weight excluding hydrogens is 208 g/mol. The molecule has 1 rings (SSSR count). The molecule has 0 spiro atoms. The molecule has 1 aliphatic rings. The highest BCUT2D eigenvalue weighted by molar-refractivity contribution is 5.79. The highest BCUT2D eigenvalue weighted by Crippen LogP contribution is 2.20. The molecule has 0 saturated carbocycles. The summed E-state index contributed by atoms with van der Waals surface area (Å²) in [6, 6.07) is 0.00954. The Morgan fingerprint density at radius 2 is 2.44 bits per heavy atom. The maximum Gasteiger partial charge on any atom is 0.226 e. The third kappa shape index (κ3) is 3.73. The SMILES string of the molecule is COCC(CCN)NC(=O)C1CCOC1C. The van der Waals surface area contributed by atoms with Gasteiger partial charge in [-0.05, 0) is 26.3 Å².